The van der Waals surface area contributed by atoms with Gasteiger partial charge in [0.15, 0.2) is 0 Å². The normalized spacial score (nSPS) is 17.2. The third-order valence-electron chi connectivity index (χ3n) is 4.37. The summed E-state index contributed by atoms with van der Waals surface area (Å²) in [5.41, 5.74) is 2.85. The van der Waals surface area contributed by atoms with Crippen LogP contribution in [0.25, 0.3) is 0 Å². The Morgan fingerprint density at radius 1 is 1.35 bits per heavy atom. The summed E-state index contributed by atoms with van der Waals surface area (Å²) in [6.45, 7) is 2.00. The fourth-order valence-corrected chi connectivity index (χ4v) is 2.81. The number of aryl methyl sites for hydroxylation is 1. The summed E-state index contributed by atoms with van der Waals surface area (Å²) in [4.78, 5) is 21.8. The smallest absolute Gasteiger partial charge is 0.264 e. The van der Waals surface area contributed by atoms with E-state index in [0.717, 1.165) is 29.9 Å². The molecule has 0 spiro atoms. The SMILES string of the molecule is COc1ccc(CCC(C)NC(=O)C2CC(c3cccnc3)=NO2)cc1. The standard InChI is InChI=1S/C20H23N3O3/c1-14(5-6-15-7-9-17(25-2)10-8-15)22-20(24)19-12-18(23-26-19)16-4-3-11-21-13-16/h3-4,7-11,13-14,19H,5-6,12H2,1-2H3,(H,22,24). The summed E-state index contributed by atoms with van der Waals surface area (Å²) in [5.74, 6) is 0.716. The van der Waals surface area contributed by atoms with Crippen LogP contribution in [-0.4, -0.2) is 35.9 Å². The third kappa shape index (κ3) is 4.59. The molecule has 6 heteroatoms. The molecule has 1 aromatic heterocycles. The molecule has 1 amide bonds. The number of carbonyl (C=O) groups is 1. The first kappa shape index (κ1) is 17.9. The largest absolute Gasteiger partial charge is 0.497 e. The lowest BCUT2D eigenvalue weighted by Crippen LogP contribution is -2.40. The van der Waals surface area contributed by atoms with Crippen molar-refractivity contribution in [2.24, 2.45) is 5.16 Å². The van der Waals surface area contributed by atoms with Crippen LogP contribution >= 0.6 is 0 Å². The predicted octanol–water partition coefficient (Wildman–Crippen LogP) is 2.72. The molecule has 1 aliphatic heterocycles. The summed E-state index contributed by atoms with van der Waals surface area (Å²) in [5, 5.41) is 7.04. The second-order valence-corrected chi connectivity index (χ2v) is 6.37. The maximum Gasteiger partial charge on any atom is 0.264 e. The second kappa shape index (κ2) is 8.47. The number of benzene rings is 1. The van der Waals surface area contributed by atoms with Gasteiger partial charge >= 0.3 is 0 Å². The lowest BCUT2D eigenvalue weighted by atomic mass is 10.0. The molecule has 1 aliphatic rings. The summed E-state index contributed by atoms with van der Waals surface area (Å²) >= 11 is 0. The fourth-order valence-electron chi connectivity index (χ4n) is 2.81. The van der Waals surface area contributed by atoms with Gasteiger partial charge in [0, 0.05) is 30.4 Å². The molecule has 0 radical (unpaired) electrons. The minimum atomic E-state index is -0.575. The molecule has 1 aromatic carbocycles. The number of nitrogens with zero attached hydrogens (tertiary/aromatic N) is 2. The van der Waals surface area contributed by atoms with Gasteiger partial charge in [-0.25, -0.2) is 0 Å². The van der Waals surface area contributed by atoms with Gasteiger partial charge in [-0.1, -0.05) is 17.3 Å². The Morgan fingerprint density at radius 2 is 2.15 bits per heavy atom. The molecule has 26 heavy (non-hydrogen) atoms. The highest BCUT2D eigenvalue weighted by Crippen LogP contribution is 2.17. The van der Waals surface area contributed by atoms with Crippen molar-refractivity contribution in [2.75, 3.05) is 7.11 Å². The van der Waals surface area contributed by atoms with Crippen molar-refractivity contribution < 1.29 is 14.4 Å². The van der Waals surface area contributed by atoms with E-state index in [0.29, 0.717) is 6.42 Å². The van der Waals surface area contributed by atoms with Gasteiger partial charge in [-0.2, -0.15) is 0 Å². The van der Waals surface area contributed by atoms with Gasteiger partial charge in [0.25, 0.3) is 5.91 Å². The number of hydrogen-bond donors (Lipinski definition) is 1. The number of ether oxygens (including phenoxy) is 1. The number of oxime groups is 1. The van der Waals surface area contributed by atoms with Gasteiger partial charge in [-0.05, 0) is 49.6 Å². The second-order valence-electron chi connectivity index (χ2n) is 6.37. The molecule has 0 saturated heterocycles. The molecule has 2 aromatic rings. The van der Waals surface area contributed by atoms with E-state index in [1.54, 1.807) is 19.5 Å². The van der Waals surface area contributed by atoms with Crippen LogP contribution in [0.4, 0.5) is 0 Å². The molecule has 136 valence electrons. The molecule has 0 saturated carbocycles. The van der Waals surface area contributed by atoms with Gasteiger partial charge in [-0.3, -0.25) is 9.78 Å². The summed E-state index contributed by atoms with van der Waals surface area (Å²) in [7, 11) is 1.65. The Labute approximate surface area is 153 Å². The molecule has 2 atom stereocenters. The fraction of sp³-hybridized carbons (Fsp3) is 0.350. The van der Waals surface area contributed by atoms with Crippen LogP contribution in [0.3, 0.4) is 0 Å². The molecule has 0 bridgehead atoms. The Morgan fingerprint density at radius 3 is 2.85 bits per heavy atom. The van der Waals surface area contributed by atoms with Crippen LogP contribution < -0.4 is 10.1 Å². The molecule has 3 rings (SSSR count). The highest BCUT2D eigenvalue weighted by atomic mass is 16.6. The van der Waals surface area contributed by atoms with E-state index in [9.17, 15) is 4.79 Å². The van der Waals surface area contributed by atoms with Gasteiger partial charge in [0.1, 0.15) is 5.75 Å². The number of hydrogen-bond acceptors (Lipinski definition) is 5. The Hall–Kier alpha value is -2.89. The lowest BCUT2D eigenvalue weighted by Gasteiger charge is -2.16. The predicted molar refractivity (Wildman–Crippen MR) is 99.2 cm³/mol. The number of pyridine rings is 1. The van der Waals surface area contributed by atoms with Crippen molar-refractivity contribution in [3.8, 4) is 5.75 Å². The maximum atomic E-state index is 12.4. The minimum absolute atomic E-state index is 0.0515. The van der Waals surface area contributed by atoms with E-state index >= 15 is 0 Å². The number of aromatic nitrogens is 1. The lowest BCUT2D eigenvalue weighted by molar-refractivity contribution is -0.131. The van der Waals surface area contributed by atoms with Gasteiger partial charge in [-0.15, -0.1) is 0 Å². The number of rotatable bonds is 7. The van der Waals surface area contributed by atoms with Crippen molar-refractivity contribution in [3.05, 3.63) is 59.9 Å². The molecular formula is C20H23N3O3. The molecule has 0 fully saturated rings. The number of amides is 1. The zero-order valence-electron chi connectivity index (χ0n) is 15.0. The van der Waals surface area contributed by atoms with E-state index in [1.807, 2.05) is 43.3 Å². The Kier molecular flexibility index (Phi) is 5.84. The zero-order valence-corrected chi connectivity index (χ0v) is 15.0. The Balaban J connectivity index is 1.44. The van der Waals surface area contributed by atoms with E-state index in [4.69, 9.17) is 9.57 Å². The first-order valence-electron chi connectivity index (χ1n) is 8.72. The Bertz CT molecular complexity index is 760. The van der Waals surface area contributed by atoms with E-state index in [-0.39, 0.29) is 11.9 Å². The number of carbonyl (C=O) groups excluding carboxylic acids is 1. The van der Waals surface area contributed by atoms with Crippen molar-refractivity contribution in [3.63, 3.8) is 0 Å². The zero-order chi connectivity index (χ0) is 18.4. The number of nitrogens with one attached hydrogen (secondary N) is 1. The maximum absolute atomic E-state index is 12.4. The van der Waals surface area contributed by atoms with E-state index in [1.165, 1.54) is 5.56 Å². The van der Waals surface area contributed by atoms with Crippen molar-refractivity contribution >= 4 is 11.6 Å². The van der Waals surface area contributed by atoms with Gasteiger partial charge in [0.2, 0.25) is 6.10 Å². The molecular weight excluding hydrogens is 330 g/mol. The number of methoxy groups -OCH3 is 1. The molecule has 1 N–H and O–H groups in total. The average Bonchev–Trinajstić information content (AvgIpc) is 3.18. The first-order valence-corrected chi connectivity index (χ1v) is 8.72. The summed E-state index contributed by atoms with van der Waals surface area (Å²) in [6, 6.07) is 11.8. The van der Waals surface area contributed by atoms with Crippen molar-refractivity contribution in [1.29, 1.82) is 0 Å². The van der Waals surface area contributed by atoms with Crippen LogP contribution in [0.15, 0.2) is 53.9 Å². The molecule has 2 unspecified atom stereocenters. The topological polar surface area (TPSA) is 72.8 Å². The molecule has 2 heterocycles. The first-order chi connectivity index (χ1) is 12.7. The van der Waals surface area contributed by atoms with Gasteiger partial charge in [0.05, 0.1) is 12.8 Å². The highest BCUT2D eigenvalue weighted by Gasteiger charge is 2.29. The van der Waals surface area contributed by atoms with Gasteiger partial charge < -0.3 is 14.9 Å². The summed E-state index contributed by atoms with van der Waals surface area (Å²) < 4.78 is 5.16. The average molecular weight is 353 g/mol. The van der Waals surface area contributed by atoms with E-state index in [2.05, 4.69) is 15.5 Å². The van der Waals surface area contributed by atoms with Crippen LogP contribution in [0.1, 0.15) is 30.9 Å². The van der Waals surface area contributed by atoms with Crippen LogP contribution in [0.2, 0.25) is 0 Å². The molecule has 0 aliphatic carbocycles. The van der Waals surface area contributed by atoms with Crippen LogP contribution in [-0.2, 0) is 16.1 Å². The minimum Gasteiger partial charge on any atom is -0.497 e. The summed E-state index contributed by atoms with van der Waals surface area (Å²) in [6.07, 6.45) is 5.04. The quantitative estimate of drug-likeness (QED) is 0.831. The third-order valence-corrected chi connectivity index (χ3v) is 4.37. The molecule has 6 nitrogen and oxygen atoms in total. The van der Waals surface area contributed by atoms with Crippen molar-refractivity contribution in [2.45, 2.75) is 38.3 Å². The van der Waals surface area contributed by atoms with Crippen LogP contribution in [0.5, 0.6) is 5.75 Å². The monoisotopic (exact) mass is 353 g/mol. The van der Waals surface area contributed by atoms with Crippen molar-refractivity contribution in [1.82, 2.24) is 10.3 Å². The van der Waals surface area contributed by atoms with E-state index < -0.39 is 6.10 Å². The highest BCUT2D eigenvalue weighted by molar-refractivity contribution is 6.03. The van der Waals surface area contributed by atoms with Crippen LogP contribution in [0, 0.1) is 0 Å².